The second kappa shape index (κ2) is 5.01. The number of nitrogens with one attached hydrogen (secondary N) is 2. The van der Waals surface area contributed by atoms with E-state index in [-0.39, 0.29) is 11.9 Å². The molecule has 3 rings (SSSR count). The quantitative estimate of drug-likeness (QED) is 0.766. The summed E-state index contributed by atoms with van der Waals surface area (Å²) in [5.74, 6) is -0.137. The van der Waals surface area contributed by atoms with E-state index in [4.69, 9.17) is 0 Å². The van der Waals surface area contributed by atoms with Crippen LogP contribution in [-0.2, 0) is 0 Å². The minimum atomic E-state index is -0.423. The average molecular weight is 259 g/mol. The van der Waals surface area contributed by atoms with Gasteiger partial charge in [0.15, 0.2) is 0 Å². The summed E-state index contributed by atoms with van der Waals surface area (Å²) in [6.07, 6.45) is 5.01. The van der Waals surface area contributed by atoms with Crippen molar-refractivity contribution in [1.82, 2.24) is 15.5 Å². The lowest BCUT2D eigenvalue weighted by Gasteiger charge is -2.28. The van der Waals surface area contributed by atoms with E-state index in [1.165, 1.54) is 0 Å². The summed E-state index contributed by atoms with van der Waals surface area (Å²) in [7, 11) is 0. The highest BCUT2D eigenvalue weighted by Gasteiger charge is 2.24. The van der Waals surface area contributed by atoms with Crippen LogP contribution in [0, 0.1) is 0 Å². The van der Waals surface area contributed by atoms with E-state index in [1.54, 1.807) is 18.3 Å². The number of fused-ring (bicyclic) bond motifs is 1. The summed E-state index contributed by atoms with van der Waals surface area (Å²) in [6.45, 7) is 0. The van der Waals surface area contributed by atoms with Gasteiger partial charge in [0.05, 0.1) is 23.9 Å². The zero-order valence-corrected chi connectivity index (χ0v) is 10.6. The van der Waals surface area contributed by atoms with Gasteiger partial charge in [-0.2, -0.15) is 5.10 Å². The van der Waals surface area contributed by atoms with Gasteiger partial charge in [-0.15, -0.1) is 0 Å². The molecule has 1 aliphatic rings. The number of hydrogen-bond donors (Lipinski definition) is 3. The van der Waals surface area contributed by atoms with Crippen molar-refractivity contribution in [2.24, 2.45) is 0 Å². The molecule has 3 N–H and O–H groups in total. The number of rotatable bonds is 2. The number of nitrogens with zero attached hydrogens (tertiary/aromatic N) is 1. The molecule has 0 saturated heterocycles. The maximum atomic E-state index is 12.2. The Morgan fingerprint density at radius 1 is 1.37 bits per heavy atom. The van der Waals surface area contributed by atoms with E-state index < -0.39 is 6.10 Å². The highest BCUT2D eigenvalue weighted by molar-refractivity contribution is 5.97. The monoisotopic (exact) mass is 259 g/mol. The first-order valence-electron chi connectivity index (χ1n) is 6.66. The standard InChI is InChI=1S/C14H17N3O2/c18-13-4-2-1-3-11(13)16-14(19)9-5-6-10-8-15-17-12(10)7-9/h5-8,11,13,18H,1-4H2,(H,15,17)(H,16,19)/t11-,13-/m1/s1. The normalized spacial score (nSPS) is 23.4. The summed E-state index contributed by atoms with van der Waals surface area (Å²) in [4.78, 5) is 12.2. The van der Waals surface area contributed by atoms with Crippen molar-refractivity contribution in [2.75, 3.05) is 0 Å². The van der Waals surface area contributed by atoms with E-state index in [9.17, 15) is 9.90 Å². The first-order valence-corrected chi connectivity index (χ1v) is 6.66. The Labute approximate surface area is 111 Å². The number of amides is 1. The third-order valence-corrected chi connectivity index (χ3v) is 3.75. The lowest BCUT2D eigenvalue weighted by molar-refractivity contribution is 0.0717. The fourth-order valence-electron chi connectivity index (χ4n) is 2.61. The van der Waals surface area contributed by atoms with Crippen LogP contribution in [0.4, 0.5) is 0 Å². The molecule has 1 aliphatic carbocycles. The number of aromatic nitrogens is 2. The fraction of sp³-hybridized carbons (Fsp3) is 0.429. The third kappa shape index (κ3) is 2.46. The summed E-state index contributed by atoms with van der Waals surface area (Å²) >= 11 is 0. The van der Waals surface area contributed by atoms with Crippen molar-refractivity contribution in [2.45, 2.75) is 37.8 Å². The minimum absolute atomic E-state index is 0.126. The molecule has 0 radical (unpaired) electrons. The Bertz CT molecular complexity index is 593. The van der Waals surface area contributed by atoms with Gasteiger partial charge in [-0.1, -0.05) is 18.9 Å². The minimum Gasteiger partial charge on any atom is -0.391 e. The molecule has 1 fully saturated rings. The van der Waals surface area contributed by atoms with Crippen molar-refractivity contribution in [3.63, 3.8) is 0 Å². The largest absolute Gasteiger partial charge is 0.391 e. The maximum Gasteiger partial charge on any atom is 0.251 e. The Morgan fingerprint density at radius 3 is 3.05 bits per heavy atom. The molecule has 1 amide bonds. The first kappa shape index (κ1) is 12.2. The van der Waals surface area contributed by atoms with Gasteiger partial charge in [0.1, 0.15) is 0 Å². The van der Waals surface area contributed by atoms with Crippen molar-refractivity contribution in [1.29, 1.82) is 0 Å². The van der Waals surface area contributed by atoms with E-state index >= 15 is 0 Å². The van der Waals surface area contributed by atoms with Crippen LogP contribution in [0.5, 0.6) is 0 Å². The number of hydrogen-bond acceptors (Lipinski definition) is 3. The number of benzene rings is 1. The smallest absolute Gasteiger partial charge is 0.251 e. The third-order valence-electron chi connectivity index (χ3n) is 3.75. The first-order chi connectivity index (χ1) is 9.24. The van der Waals surface area contributed by atoms with E-state index in [2.05, 4.69) is 15.5 Å². The summed E-state index contributed by atoms with van der Waals surface area (Å²) in [5.41, 5.74) is 1.44. The second-order valence-corrected chi connectivity index (χ2v) is 5.10. The molecule has 0 aliphatic heterocycles. The molecule has 100 valence electrons. The molecule has 0 unspecified atom stereocenters. The summed E-state index contributed by atoms with van der Waals surface area (Å²) in [5, 5.41) is 20.6. The number of carbonyl (C=O) groups excluding carboxylic acids is 1. The second-order valence-electron chi connectivity index (χ2n) is 5.10. The predicted octanol–water partition coefficient (Wildman–Crippen LogP) is 1.60. The van der Waals surface area contributed by atoms with E-state index in [0.29, 0.717) is 5.56 Å². The topological polar surface area (TPSA) is 78.0 Å². The molecule has 1 aromatic heterocycles. The molecule has 5 nitrogen and oxygen atoms in total. The zero-order valence-electron chi connectivity index (χ0n) is 10.6. The van der Waals surface area contributed by atoms with Gasteiger partial charge in [-0.05, 0) is 25.0 Å². The Balaban J connectivity index is 1.75. The molecule has 2 atom stereocenters. The van der Waals surface area contributed by atoms with Crippen molar-refractivity contribution >= 4 is 16.8 Å². The zero-order chi connectivity index (χ0) is 13.2. The van der Waals surface area contributed by atoms with Gasteiger partial charge in [0.2, 0.25) is 0 Å². The number of aromatic amines is 1. The van der Waals surface area contributed by atoms with Gasteiger partial charge in [0.25, 0.3) is 5.91 Å². The highest BCUT2D eigenvalue weighted by atomic mass is 16.3. The van der Waals surface area contributed by atoms with Crippen molar-refractivity contribution in [3.8, 4) is 0 Å². The molecular weight excluding hydrogens is 242 g/mol. The molecule has 1 heterocycles. The van der Waals surface area contributed by atoms with Crippen molar-refractivity contribution in [3.05, 3.63) is 30.0 Å². The molecule has 19 heavy (non-hydrogen) atoms. The maximum absolute atomic E-state index is 12.2. The Morgan fingerprint density at radius 2 is 2.21 bits per heavy atom. The van der Waals surface area contributed by atoms with Crippen LogP contribution >= 0.6 is 0 Å². The molecule has 2 aromatic rings. The number of aliphatic hydroxyl groups excluding tert-OH is 1. The summed E-state index contributed by atoms with van der Waals surface area (Å²) < 4.78 is 0. The van der Waals surface area contributed by atoms with Crippen LogP contribution in [0.15, 0.2) is 24.4 Å². The van der Waals surface area contributed by atoms with Crippen LogP contribution in [0.1, 0.15) is 36.0 Å². The van der Waals surface area contributed by atoms with Gasteiger partial charge >= 0.3 is 0 Å². The highest BCUT2D eigenvalue weighted by Crippen LogP contribution is 2.19. The molecular formula is C14H17N3O2. The number of aliphatic hydroxyl groups is 1. The SMILES string of the molecule is O=C(N[C@@H]1CCCC[C@H]1O)c1ccc2cn[nH]c2c1. The van der Waals surface area contributed by atoms with Gasteiger partial charge < -0.3 is 10.4 Å². The molecule has 1 saturated carbocycles. The van der Waals surface area contributed by atoms with Gasteiger partial charge in [-0.25, -0.2) is 0 Å². The Kier molecular flexibility index (Phi) is 3.21. The van der Waals surface area contributed by atoms with E-state index in [1.807, 2.05) is 6.07 Å². The fourth-order valence-corrected chi connectivity index (χ4v) is 2.61. The number of carbonyl (C=O) groups is 1. The van der Waals surface area contributed by atoms with Gasteiger partial charge in [-0.3, -0.25) is 9.89 Å². The molecule has 0 spiro atoms. The van der Waals surface area contributed by atoms with Crippen LogP contribution in [0.3, 0.4) is 0 Å². The number of H-pyrrole nitrogens is 1. The predicted molar refractivity (Wildman–Crippen MR) is 71.8 cm³/mol. The Hall–Kier alpha value is -1.88. The van der Waals surface area contributed by atoms with E-state index in [0.717, 1.165) is 36.6 Å². The molecule has 0 bridgehead atoms. The molecule has 1 aromatic carbocycles. The van der Waals surface area contributed by atoms with Crippen molar-refractivity contribution < 1.29 is 9.90 Å². The lowest BCUT2D eigenvalue weighted by atomic mass is 9.92. The van der Waals surface area contributed by atoms with Crippen LogP contribution < -0.4 is 5.32 Å². The van der Waals surface area contributed by atoms with Gasteiger partial charge in [0, 0.05) is 10.9 Å². The lowest BCUT2D eigenvalue weighted by Crippen LogP contribution is -2.45. The molecule has 5 heteroatoms. The van der Waals surface area contributed by atoms with Crippen LogP contribution in [0.25, 0.3) is 10.9 Å². The van der Waals surface area contributed by atoms with Crippen LogP contribution in [0.2, 0.25) is 0 Å². The summed E-state index contributed by atoms with van der Waals surface area (Å²) in [6, 6.07) is 5.30. The average Bonchev–Trinajstić information content (AvgIpc) is 2.88. The van der Waals surface area contributed by atoms with Crippen LogP contribution in [-0.4, -0.2) is 33.4 Å².